The Morgan fingerprint density at radius 3 is 2.60 bits per heavy atom. The van der Waals surface area contributed by atoms with Crippen molar-refractivity contribution < 1.29 is 28.4 Å². The highest BCUT2D eigenvalue weighted by Crippen LogP contribution is 2.34. The molecule has 7 rings (SSSR count). The number of hydrogen-bond donors (Lipinski definition) is 3. The summed E-state index contributed by atoms with van der Waals surface area (Å²) < 4.78 is 16.7. The molecule has 0 saturated carbocycles. The number of aryl methyl sites for hydroxylation is 3. The predicted molar refractivity (Wildman–Crippen MR) is 204 cm³/mol. The number of fused-ring (bicyclic) bond motifs is 2. The van der Waals surface area contributed by atoms with Crippen LogP contribution in [0.2, 0.25) is 0 Å². The maximum atomic E-state index is 14.4. The van der Waals surface area contributed by atoms with Crippen LogP contribution < -0.4 is 16.0 Å². The van der Waals surface area contributed by atoms with Crippen molar-refractivity contribution in [1.29, 1.82) is 0 Å². The van der Waals surface area contributed by atoms with Crippen molar-refractivity contribution in [2.75, 3.05) is 13.1 Å². The number of nitrogens with zero attached hydrogens (tertiary/aromatic N) is 5. The van der Waals surface area contributed by atoms with Crippen molar-refractivity contribution in [3.8, 4) is 22.5 Å². The number of carbonyl (C=O) groups is 5. The molecule has 5 amide bonds. The fourth-order valence-electron chi connectivity index (χ4n) is 6.81. The standard InChI is InChI=1S/C25H25N5O.C16H18FN3O4/c1-4-24-28-25(23-15-29(17(3)31)10-11-30(23)24)20-7-5-6-18-12-22(27-14-21(18)20)19-9-8-16(2)26-13-19;17-14-10(4-2-8-18-9-21)3-1-5-11(14)15(23)19-12-6-7-13(22)20-16(12)24/h5-9,12-14H,4,10-11,15H2,1-3H3;1,3,5,9,12H,2,4,6-8H2,(H,18,21)(H,19,23)(H,20,22,24). The molecule has 0 spiro atoms. The molecule has 1 atom stereocenters. The fraction of sp³-hybridized carbons (Fsp3) is 0.317. The summed E-state index contributed by atoms with van der Waals surface area (Å²) >= 11 is 0. The first-order valence-electron chi connectivity index (χ1n) is 18.3. The Bertz CT molecular complexity index is 2250. The van der Waals surface area contributed by atoms with Gasteiger partial charge < -0.3 is 20.1 Å². The van der Waals surface area contributed by atoms with Gasteiger partial charge in [-0.05, 0) is 61.4 Å². The van der Waals surface area contributed by atoms with Crippen molar-refractivity contribution in [3.05, 3.63) is 101 Å². The Balaban J connectivity index is 0.000000194. The molecule has 3 aromatic heterocycles. The SMILES string of the molecule is CCc1nc(-c2cccc3cc(-c4ccc(C)nc4)ncc23)c2n1CCN(C(C)=O)C2.O=CNCCCc1cccc(C(=O)NC2CCC(=O)NC2=O)c1F. The second-order valence-corrected chi connectivity index (χ2v) is 13.5. The number of rotatable bonds is 10. The van der Waals surface area contributed by atoms with Crippen LogP contribution in [0, 0.1) is 12.7 Å². The largest absolute Gasteiger partial charge is 0.359 e. The van der Waals surface area contributed by atoms with E-state index in [2.05, 4.69) is 62.8 Å². The number of imide groups is 1. The first-order chi connectivity index (χ1) is 26.6. The summed E-state index contributed by atoms with van der Waals surface area (Å²) in [6.07, 6.45) is 6.45. The molecule has 0 aliphatic carbocycles. The molecule has 14 heteroatoms. The predicted octanol–water partition coefficient (Wildman–Crippen LogP) is 4.43. The average Bonchev–Trinajstić information content (AvgIpc) is 3.56. The molecule has 13 nitrogen and oxygen atoms in total. The van der Waals surface area contributed by atoms with E-state index in [1.807, 2.05) is 30.3 Å². The average molecular weight is 747 g/mol. The van der Waals surface area contributed by atoms with Crippen LogP contribution in [0.25, 0.3) is 33.3 Å². The van der Waals surface area contributed by atoms with Crippen LogP contribution in [0.4, 0.5) is 4.39 Å². The molecule has 1 saturated heterocycles. The van der Waals surface area contributed by atoms with Gasteiger partial charge in [-0.25, -0.2) is 9.37 Å². The van der Waals surface area contributed by atoms with Crippen molar-refractivity contribution in [3.63, 3.8) is 0 Å². The van der Waals surface area contributed by atoms with Crippen molar-refractivity contribution in [2.24, 2.45) is 0 Å². The topological polar surface area (TPSA) is 168 Å². The van der Waals surface area contributed by atoms with Crippen LogP contribution in [0.5, 0.6) is 0 Å². The molecule has 1 fully saturated rings. The summed E-state index contributed by atoms with van der Waals surface area (Å²) in [5.41, 5.74) is 6.23. The van der Waals surface area contributed by atoms with Gasteiger partial charge in [-0.1, -0.05) is 37.3 Å². The molecule has 0 radical (unpaired) electrons. The van der Waals surface area contributed by atoms with Gasteiger partial charge in [0.2, 0.25) is 24.1 Å². The zero-order valence-electron chi connectivity index (χ0n) is 31.0. The Kier molecular flexibility index (Phi) is 12.0. The third-order valence-electron chi connectivity index (χ3n) is 9.79. The van der Waals surface area contributed by atoms with Crippen LogP contribution in [0.1, 0.15) is 66.2 Å². The number of amides is 5. The van der Waals surface area contributed by atoms with E-state index in [9.17, 15) is 28.4 Å². The molecule has 1 unspecified atom stereocenters. The number of pyridine rings is 2. The number of carbonyl (C=O) groups excluding carboxylic acids is 5. The fourth-order valence-corrected chi connectivity index (χ4v) is 6.81. The minimum Gasteiger partial charge on any atom is -0.359 e. The lowest BCUT2D eigenvalue weighted by Gasteiger charge is -2.28. The first-order valence-corrected chi connectivity index (χ1v) is 18.3. The lowest BCUT2D eigenvalue weighted by molar-refractivity contribution is -0.134. The van der Waals surface area contributed by atoms with E-state index < -0.39 is 23.7 Å². The van der Waals surface area contributed by atoms with Gasteiger partial charge >= 0.3 is 0 Å². The molecule has 55 heavy (non-hydrogen) atoms. The van der Waals surface area contributed by atoms with Crippen LogP contribution in [-0.4, -0.2) is 73.6 Å². The van der Waals surface area contributed by atoms with Crippen molar-refractivity contribution >= 4 is 40.8 Å². The molecule has 2 aliphatic rings. The van der Waals surface area contributed by atoms with Gasteiger partial charge in [0.05, 0.1) is 29.2 Å². The van der Waals surface area contributed by atoms with Gasteiger partial charge in [-0.3, -0.25) is 39.3 Å². The van der Waals surface area contributed by atoms with E-state index in [1.165, 1.54) is 6.07 Å². The van der Waals surface area contributed by atoms with E-state index in [-0.39, 0.29) is 30.2 Å². The maximum absolute atomic E-state index is 14.4. The number of benzene rings is 2. The highest BCUT2D eigenvalue weighted by atomic mass is 19.1. The minimum atomic E-state index is -0.852. The number of piperidine rings is 1. The number of imidazole rings is 1. The number of halogens is 1. The Morgan fingerprint density at radius 2 is 1.87 bits per heavy atom. The second kappa shape index (κ2) is 17.2. The zero-order chi connectivity index (χ0) is 39.1. The molecule has 0 bridgehead atoms. The van der Waals surface area contributed by atoms with Crippen LogP contribution in [0.15, 0.2) is 67.0 Å². The summed E-state index contributed by atoms with van der Waals surface area (Å²) in [5, 5.41) is 9.24. The monoisotopic (exact) mass is 746 g/mol. The van der Waals surface area contributed by atoms with E-state index in [0.29, 0.717) is 37.9 Å². The lowest BCUT2D eigenvalue weighted by Crippen LogP contribution is -2.52. The van der Waals surface area contributed by atoms with Gasteiger partial charge in [0.25, 0.3) is 5.91 Å². The van der Waals surface area contributed by atoms with Crippen LogP contribution in [0.3, 0.4) is 0 Å². The van der Waals surface area contributed by atoms with Gasteiger partial charge in [0, 0.05) is 74.0 Å². The van der Waals surface area contributed by atoms with Gasteiger partial charge in [0.1, 0.15) is 17.7 Å². The Hall–Kier alpha value is -6.31. The lowest BCUT2D eigenvalue weighted by atomic mass is 10.0. The van der Waals surface area contributed by atoms with E-state index >= 15 is 0 Å². The zero-order valence-corrected chi connectivity index (χ0v) is 31.0. The molecular formula is C41H43FN8O5. The summed E-state index contributed by atoms with van der Waals surface area (Å²) in [5.74, 6) is -1.14. The van der Waals surface area contributed by atoms with Gasteiger partial charge in [-0.15, -0.1) is 0 Å². The molecule has 2 aliphatic heterocycles. The highest BCUT2D eigenvalue weighted by Gasteiger charge is 2.29. The molecule has 2 aromatic carbocycles. The van der Waals surface area contributed by atoms with Crippen LogP contribution >= 0.6 is 0 Å². The van der Waals surface area contributed by atoms with Crippen molar-refractivity contribution in [2.45, 2.75) is 72.0 Å². The second-order valence-electron chi connectivity index (χ2n) is 13.5. The first kappa shape index (κ1) is 38.4. The number of aromatic nitrogens is 4. The van der Waals surface area contributed by atoms with Gasteiger partial charge in [0.15, 0.2) is 0 Å². The third-order valence-corrected chi connectivity index (χ3v) is 9.79. The normalized spacial score (nSPS) is 15.1. The molecule has 5 aromatic rings. The van der Waals surface area contributed by atoms with E-state index in [4.69, 9.17) is 9.97 Å². The summed E-state index contributed by atoms with van der Waals surface area (Å²) in [6, 6.07) is 16.1. The summed E-state index contributed by atoms with van der Waals surface area (Å²) in [6.45, 7) is 8.27. The van der Waals surface area contributed by atoms with Crippen molar-refractivity contribution in [1.82, 2.24) is 40.4 Å². The molecule has 5 heterocycles. The maximum Gasteiger partial charge on any atom is 0.254 e. The third kappa shape index (κ3) is 8.75. The molecular weight excluding hydrogens is 704 g/mol. The van der Waals surface area contributed by atoms with Crippen LogP contribution in [-0.2, 0) is 45.1 Å². The van der Waals surface area contributed by atoms with E-state index in [1.54, 1.807) is 19.1 Å². The van der Waals surface area contributed by atoms with Gasteiger partial charge in [-0.2, -0.15) is 0 Å². The number of hydrogen-bond acceptors (Lipinski definition) is 8. The van der Waals surface area contributed by atoms with E-state index in [0.717, 1.165) is 70.0 Å². The molecule has 3 N–H and O–H groups in total. The Labute approximate surface area is 317 Å². The minimum absolute atomic E-state index is 0.104. The number of nitrogens with one attached hydrogen (secondary N) is 3. The molecule has 284 valence electrons. The quantitative estimate of drug-likeness (QED) is 0.107. The Morgan fingerprint density at radius 1 is 1.05 bits per heavy atom. The summed E-state index contributed by atoms with van der Waals surface area (Å²) in [7, 11) is 0. The smallest absolute Gasteiger partial charge is 0.254 e. The highest BCUT2D eigenvalue weighted by molar-refractivity contribution is 6.04. The summed E-state index contributed by atoms with van der Waals surface area (Å²) in [4.78, 5) is 73.2.